The van der Waals surface area contributed by atoms with Crippen molar-refractivity contribution in [3.8, 4) is 0 Å². The zero-order valence-corrected chi connectivity index (χ0v) is 12.4. The van der Waals surface area contributed by atoms with Crippen LogP contribution in [0, 0.1) is 5.82 Å². The second-order valence-electron chi connectivity index (χ2n) is 5.60. The average molecular weight is 310 g/mol. The molecule has 1 aromatic heterocycles. The zero-order valence-electron chi connectivity index (χ0n) is 11.6. The molecule has 0 amide bonds. The van der Waals surface area contributed by atoms with Crippen LogP contribution in [0.3, 0.4) is 0 Å². The number of benzene rings is 1. The second kappa shape index (κ2) is 5.73. The molecule has 0 radical (unpaired) electrons. The lowest BCUT2D eigenvalue weighted by Crippen LogP contribution is -2.32. The van der Waals surface area contributed by atoms with Crippen molar-refractivity contribution in [1.82, 2.24) is 10.1 Å². The van der Waals surface area contributed by atoms with E-state index in [4.69, 9.17) is 21.9 Å². The van der Waals surface area contributed by atoms with Crippen LogP contribution >= 0.6 is 11.6 Å². The van der Waals surface area contributed by atoms with Gasteiger partial charge in [-0.1, -0.05) is 41.7 Å². The van der Waals surface area contributed by atoms with Crippen LogP contribution in [-0.4, -0.2) is 16.7 Å². The van der Waals surface area contributed by atoms with E-state index in [1.807, 2.05) is 0 Å². The highest BCUT2D eigenvalue weighted by molar-refractivity contribution is 6.30. The van der Waals surface area contributed by atoms with Crippen LogP contribution in [0.1, 0.15) is 43.0 Å². The molecule has 0 bridgehead atoms. The zero-order chi connectivity index (χ0) is 14.9. The van der Waals surface area contributed by atoms with Gasteiger partial charge in [-0.15, -0.1) is 0 Å². The van der Waals surface area contributed by atoms with Crippen molar-refractivity contribution in [1.29, 1.82) is 0 Å². The molecule has 0 atom stereocenters. The van der Waals surface area contributed by atoms with Crippen LogP contribution in [-0.2, 0) is 11.8 Å². The van der Waals surface area contributed by atoms with E-state index in [1.165, 1.54) is 6.07 Å². The Bertz CT molecular complexity index is 638. The van der Waals surface area contributed by atoms with Gasteiger partial charge in [-0.3, -0.25) is 0 Å². The van der Waals surface area contributed by atoms with E-state index >= 15 is 0 Å². The number of halogens is 2. The van der Waals surface area contributed by atoms with Crippen LogP contribution in [0.2, 0.25) is 5.02 Å². The van der Waals surface area contributed by atoms with E-state index in [-0.39, 0.29) is 16.9 Å². The molecule has 0 spiro atoms. The molecule has 21 heavy (non-hydrogen) atoms. The van der Waals surface area contributed by atoms with Crippen LogP contribution in [0.15, 0.2) is 22.7 Å². The molecule has 2 N–H and O–H groups in total. The molecule has 1 saturated carbocycles. The van der Waals surface area contributed by atoms with Crippen LogP contribution < -0.4 is 5.73 Å². The summed E-state index contributed by atoms with van der Waals surface area (Å²) in [5.74, 6) is 0.616. The minimum atomic E-state index is -0.431. The molecule has 0 aliphatic heterocycles. The summed E-state index contributed by atoms with van der Waals surface area (Å²) >= 11 is 5.78. The Labute approximate surface area is 127 Å². The molecule has 4 nitrogen and oxygen atoms in total. The molecule has 2 aromatic rings. The van der Waals surface area contributed by atoms with Gasteiger partial charge in [-0.05, 0) is 24.5 Å². The van der Waals surface area contributed by atoms with Crippen LogP contribution in [0.25, 0.3) is 0 Å². The highest BCUT2D eigenvalue weighted by Crippen LogP contribution is 2.39. The first-order valence-corrected chi connectivity index (χ1v) is 7.48. The van der Waals surface area contributed by atoms with Crippen molar-refractivity contribution in [2.75, 3.05) is 6.54 Å². The van der Waals surface area contributed by atoms with Gasteiger partial charge in [0.15, 0.2) is 5.82 Å². The summed E-state index contributed by atoms with van der Waals surface area (Å²) in [5, 5.41) is 4.07. The normalized spacial score (nSPS) is 17.3. The monoisotopic (exact) mass is 309 g/mol. The van der Waals surface area contributed by atoms with Crippen LogP contribution in [0.4, 0.5) is 4.39 Å². The van der Waals surface area contributed by atoms with Crippen LogP contribution in [0.5, 0.6) is 0 Å². The topological polar surface area (TPSA) is 64.9 Å². The van der Waals surface area contributed by atoms with E-state index in [1.54, 1.807) is 12.1 Å². The predicted molar refractivity (Wildman–Crippen MR) is 77.7 cm³/mol. The van der Waals surface area contributed by atoms with Gasteiger partial charge in [-0.25, -0.2) is 4.39 Å². The number of nitrogens with two attached hydrogens (primary N) is 1. The fraction of sp³-hybridized carbons (Fsp3) is 0.467. The van der Waals surface area contributed by atoms with E-state index < -0.39 is 5.82 Å². The van der Waals surface area contributed by atoms with Gasteiger partial charge >= 0.3 is 0 Å². The lowest BCUT2D eigenvalue weighted by molar-refractivity contribution is 0.283. The number of hydrogen-bond acceptors (Lipinski definition) is 4. The van der Waals surface area contributed by atoms with E-state index in [0.717, 1.165) is 25.7 Å². The van der Waals surface area contributed by atoms with Crippen molar-refractivity contribution in [3.05, 3.63) is 46.3 Å². The van der Waals surface area contributed by atoms with Crippen molar-refractivity contribution >= 4 is 11.6 Å². The SMILES string of the molecule is NCC1(c2nc(Cc3cccc(Cl)c3F)no2)CCCC1. The highest BCUT2D eigenvalue weighted by Gasteiger charge is 2.39. The lowest BCUT2D eigenvalue weighted by Gasteiger charge is -2.21. The standard InChI is InChI=1S/C15H17ClFN3O/c16-11-5-3-4-10(13(11)17)8-12-19-14(21-20-12)15(9-18)6-1-2-7-15/h3-5H,1-2,6-9,18H2. The molecule has 6 heteroatoms. The summed E-state index contributed by atoms with van der Waals surface area (Å²) in [6.45, 7) is 0.500. The quantitative estimate of drug-likeness (QED) is 0.941. The Kier molecular flexibility index (Phi) is 3.95. The van der Waals surface area contributed by atoms with Crippen molar-refractivity contribution in [2.24, 2.45) is 5.73 Å². The van der Waals surface area contributed by atoms with Gasteiger partial charge in [-0.2, -0.15) is 4.98 Å². The Morgan fingerprint density at radius 2 is 2.10 bits per heavy atom. The number of aromatic nitrogens is 2. The van der Waals surface area contributed by atoms with Gasteiger partial charge in [0.05, 0.1) is 10.4 Å². The maximum Gasteiger partial charge on any atom is 0.234 e. The molecule has 1 aromatic carbocycles. The minimum absolute atomic E-state index is 0.102. The number of hydrogen-bond donors (Lipinski definition) is 1. The highest BCUT2D eigenvalue weighted by atomic mass is 35.5. The maximum absolute atomic E-state index is 13.9. The predicted octanol–water partition coefficient (Wildman–Crippen LogP) is 3.22. The fourth-order valence-electron chi connectivity index (χ4n) is 2.95. The van der Waals surface area contributed by atoms with E-state index in [2.05, 4.69) is 10.1 Å². The Hall–Kier alpha value is -1.46. The molecule has 1 fully saturated rings. The van der Waals surface area contributed by atoms with Crippen molar-refractivity contribution in [2.45, 2.75) is 37.5 Å². The summed E-state index contributed by atoms with van der Waals surface area (Å²) < 4.78 is 19.3. The molecule has 0 saturated heterocycles. The molecular weight excluding hydrogens is 293 g/mol. The van der Waals surface area contributed by atoms with E-state index in [9.17, 15) is 4.39 Å². The molecule has 1 aliphatic carbocycles. The average Bonchev–Trinajstić information content (AvgIpc) is 3.13. The van der Waals surface area contributed by atoms with Gasteiger partial charge in [0.25, 0.3) is 0 Å². The molecule has 1 aliphatic rings. The van der Waals surface area contributed by atoms with Gasteiger partial charge in [0, 0.05) is 13.0 Å². The smallest absolute Gasteiger partial charge is 0.234 e. The third-order valence-corrected chi connectivity index (χ3v) is 4.55. The van der Waals surface area contributed by atoms with Gasteiger partial charge < -0.3 is 10.3 Å². The Morgan fingerprint density at radius 1 is 1.33 bits per heavy atom. The molecule has 3 rings (SSSR count). The third kappa shape index (κ3) is 2.68. The maximum atomic E-state index is 13.9. The molecular formula is C15H17ClFN3O. The fourth-order valence-corrected chi connectivity index (χ4v) is 3.15. The number of nitrogens with zero attached hydrogens (tertiary/aromatic N) is 2. The largest absolute Gasteiger partial charge is 0.339 e. The first kappa shape index (κ1) is 14.5. The minimum Gasteiger partial charge on any atom is -0.339 e. The van der Waals surface area contributed by atoms with Crippen molar-refractivity contribution in [3.63, 3.8) is 0 Å². The number of rotatable bonds is 4. The second-order valence-corrected chi connectivity index (χ2v) is 6.00. The molecule has 112 valence electrons. The molecule has 1 heterocycles. The molecule has 0 unspecified atom stereocenters. The summed E-state index contributed by atoms with van der Waals surface area (Å²) in [6.07, 6.45) is 4.44. The summed E-state index contributed by atoms with van der Waals surface area (Å²) in [7, 11) is 0. The van der Waals surface area contributed by atoms with Gasteiger partial charge in [0.2, 0.25) is 5.89 Å². The Morgan fingerprint density at radius 3 is 2.81 bits per heavy atom. The van der Waals surface area contributed by atoms with Crippen molar-refractivity contribution < 1.29 is 8.91 Å². The lowest BCUT2D eigenvalue weighted by atomic mass is 9.86. The third-order valence-electron chi connectivity index (χ3n) is 4.25. The first-order chi connectivity index (χ1) is 10.1. The first-order valence-electron chi connectivity index (χ1n) is 7.11. The van der Waals surface area contributed by atoms with E-state index in [0.29, 0.717) is 23.8 Å². The summed E-state index contributed by atoms with van der Waals surface area (Å²) in [5.41, 5.74) is 6.17. The summed E-state index contributed by atoms with van der Waals surface area (Å²) in [4.78, 5) is 4.43. The summed E-state index contributed by atoms with van der Waals surface area (Å²) in [6, 6.07) is 4.90. The Balaban J connectivity index is 1.84. The van der Waals surface area contributed by atoms with Gasteiger partial charge in [0.1, 0.15) is 5.82 Å².